The summed E-state index contributed by atoms with van der Waals surface area (Å²) in [7, 11) is 0. The number of pyridine rings is 1. The zero-order valence-electron chi connectivity index (χ0n) is 14.7. The molecule has 4 nitrogen and oxygen atoms in total. The number of carbonyl (C=O) groups excluding carboxylic acids is 1. The first-order valence-electron chi connectivity index (χ1n) is 8.52. The number of benzene rings is 1. The lowest BCUT2D eigenvalue weighted by Gasteiger charge is -2.18. The molecule has 0 aliphatic rings. The van der Waals surface area contributed by atoms with Gasteiger partial charge in [-0.05, 0) is 37.1 Å². The fourth-order valence-corrected chi connectivity index (χ4v) is 2.51. The lowest BCUT2D eigenvalue weighted by molar-refractivity contribution is -0.125. The highest BCUT2D eigenvalue weighted by atomic mass is 16.5. The highest BCUT2D eigenvalue weighted by molar-refractivity contribution is 5.78. The van der Waals surface area contributed by atoms with Gasteiger partial charge in [-0.25, -0.2) is 0 Å². The molecule has 1 aromatic heterocycles. The van der Waals surface area contributed by atoms with Gasteiger partial charge in [0.1, 0.15) is 12.4 Å². The highest BCUT2D eigenvalue weighted by Crippen LogP contribution is 2.19. The van der Waals surface area contributed by atoms with E-state index in [1.807, 2.05) is 50.2 Å². The van der Waals surface area contributed by atoms with Gasteiger partial charge in [0.15, 0.2) is 0 Å². The summed E-state index contributed by atoms with van der Waals surface area (Å²) in [5.41, 5.74) is 2.10. The summed E-state index contributed by atoms with van der Waals surface area (Å²) >= 11 is 0. The van der Waals surface area contributed by atoms with Crippen LogP contribution >= 0.6 is 0 Å². The first-order chi connectivity index (χ1) is 11.6. The number of rotatable bonds is 8. The third kappa shape index (κ3) is 5.37. The molecule has 0 aliphatic carbocycles. The van der Waals surface area contributed by atoms with Gasteiger partial charge in [0.25, 0.3) is 0 Å². The Kier molecular flexibility index (Phi) is 6.79. The van der Waals surface area contributed by atoms with Crippen molar-refractivity contribution >= 4 is 5.91 Å². The summed E-state index contributed by atoms with van der Waals surface area (Å²) in [6, 6.07) is 11.7. The Labute approximate surface area is 144 Å². The second-order valence-electron chi connectivity index (χ2n) is 6.14. The van der Waals surface area contributed by atoms with Gasteiger partial charge in [-0.2, -0.15) is 0 Å². The Morgan fingerprint density at radius 3 is 2.58 bits per heavy atom. The molecule has 0 saturated heterocycles. The molecular formula is C20H26N2O2. The van der Waals surface area contributed by atoms with Crippen molar-refractivity contribution in [1.29, 1.82) is 0 Å². The van der Waals surface area contributed by atoms with Crippen molar-refractivity contribution in [2.45, 2.75) is 46.3 Å². The number of aromatic nitrogens is 1. The predicted molar refractivity (Wildman–Crippen MR) is 95.6 cm³/mol. The zero-order chi connectivity index (χ0) is 17.4. The second kappa shape index (κ2) is 9.06. The van der Waals surface area contributed by atoms with Gasteiger partial charge in [-0.3, -0.25) is 9.78 Å². The van der Waals surface area contributed by atoms with Crippen molar-refractivity contribution in [3.05, 3.63) is 59.9 Å². The minimum atomic E-state index is -0.0100. The molecule has 1 N–H and O–H groups in total. The van der Waals surface area contributed by atoms with Crippen molar-refractivity contribution in [2.24, 2.45) is 5.92 Å². The zero-order valence-corrected chi connectivity index (χ0v) is 14.7. The molecule has 0 spiro atoms. The summed E-state index contributed by atoms with van der Waals surface area (Å²) in [6.45, 7) is 6.56. The second-order valence-corrected chi connectivity index (χ2v) is 6.14. The topological polar surface area (TPSA) is 51.2 Å². The van der Waals surface area contributed by atoms with E-state index in [0.717, 1.165) is 29.7 Å². The molecule has 1 heterocycles. The van der Waals surface area contributed by atoms with Crippen LogP contribution in [-0.4, -0.2) is 10.9 Å². The number of carbonyl (C=O) groups is 1. The number of amides is 1. The van der Waals surface area contributed by atoms with Crippen LogP contribution in [0.25, 0.3) is 0 Å². The maximum Gasteiger partial charge on any atom is 0.223 e. The van der Waals surface area contributed by atoms with Crippen LogP contribution in [-0.2, 0) is 11.4 Å². The standard InChI is InChI=1S/C20H26N2O2/c1-4-6-15(2)20(23)22-16(3)18-8-10-19(11-9-18)24-14-17-7-5-12-21-13-17/h5,7-13,15-16H,4,6,14H2,1-3H3,(H,22,23)/t15-,16-/m0/s1. The normalized spacial score (nSPS) is 13.1. The molecule has 1 amide bonds. The van der Waals surface area contributed by atoms with Crippen molar-refractivity contribution in [3.8, 4) is 5.75 Å². The summed E-state index contributed by atoms with van der Waals surface area (Å²) in [5.74, 6) is 0.973. The van der Waals surface area contributed by atoms with Gasteiger partial charge in [-0.15, -0.1) is 0 Å². The smallest absolute Gasteiger partial charge is 0.223 e. The first-order valence-corrected chi connectivity index (χ1v) is 8.52. The fourth-order valence-electron chi connectivity index (χ4n) is 2.51. The molecular weight excluding hydrogens is 300 g/mol. The van der Waals surface area contributed by atoms with Gasteiger partial charge in [0, 0.05) is 23.9 Å². The van der Waals surface area contributed by atoms with Crippen molar-refractivity contribution < 1.29 is 9.53 Å². The van der Waals surface area contributed by atoms with Crippen LogP contribution in [0.1, 0.15) is 50.8 Å². The van der Waals surface area contributed by atoms with Crippen LogP contribution in [0.4, 0.5) is 0 Å². The summed E-state index contributed by atoms with van der Waals surface area (Å²) in [6.07, 6.45) is 5.48. The number of nitrogens with one attached hydrogen (secondary N) is 1. The van der Waals surface area contributed by atoms with E-state index in [2.05, 4.69) is 17.2 Å². The molecule has 2 atom stereocenters. The average molecular weight is 326 g/mol. The predicted octanol–water partition coefficient (Wildman–Crippen LogP) is 4.27. The molecule has 4 heteroatoms. The van der Waals surface area contributed by atoms with E-state index in [4.69, 9.17) is 4.74 Å². The van der Waals surface area contributed by atoms with Crippen LogP contribution in [0.15, 0.2) is 48.8 Å². The van der Waals surface area contributed by atoms with Gasteiger partial charge < -0.3 is 10.1 Å². The third-order valence-electron chi connectivity index (χ3n) is 4.04. The molecule has 0 unspecified atom stereocenters. The first kappa shape index (κ1) is 18.0. The summed E-state index contributed by atoms with van der Waals surface area (Å²) in [4.78, 5) is 16.2. The molecule has 0 fully saturated rings. The van der Waals surface area contributed by atoms with Gasteiger partial charge in [-0.1, -0.05) is 38.5 Å². The average Bonchev–Trinajstić information content (AvgIpc) is 2.61. The monoisotopic (exact) mass is 326 g/mol. The summed E-state index contributed by atoms with van der Waals surface area (Å²) in [5, 5.41) is 3.07. The Hall–Kier alpha value is -2.36. The van der Waals surface area contributed by atoms with E-state index >= 15 is 0 Å². The van der Waals surface area contributed by atoms with Gasteiger partial charge >= 0.3 is 0 Å². The highest BCUT2D eigenvalue weighted by Gasteiger charge is 2.15. The maximum atomic E-state index is 12.1. The molecule has 0 radical (unpaired) electrons. The van der Waals surface area contributed by atoms with E-state index in [9.17, 15) is 4.79 Å². The largest absolute Gasteiger partial charge is 0.489 e. The van der Waals surface area contributed by atoms with E-state index in [-0.39, 0.29) is 17.9 Å². The molecule has 0 bridgehead atoms. The van der Waals surface area contributed by atoms with Crippen LogP contribution in [0.5, 0.6) is 5.75 Å². The molecule has 2 aromatic rings. The molecule has 0 saturated carbocycles. The number of ether oxygens (including phenoxy) is 1. The van der Waals surface area contributed by atoms with Gasteiger partial charge in [0.05, 0.1) is 6.04 Å². The third-order valence-corrected chi connectivity index (χ3v) is 4.04. The summed E-state index contributed by atoms with van der Waals surface area (Å²) < 4.78 is 5.75. The molecule has 2 rings (SSSR count). The van der Waals surface area contributed by atoms with Crippen LogP contribution < -0.4 is 10.1 Å². The maximum absolute atomic E-state index is 12.1. The SMILES string of the molecule is CCC[C@H](C)C(=O)N[C@@H](C)c1ccc(OCc2cccnc2)cc1. The Bertz CT molecular complexity index is 626. The number of nitrogens with zero attached hydrogens (tertiary/aromatic N) is 1. The van der Waals surface area contributed by atoms with E-state index in [1.54, 1.807) is 12.4 Å². The number of hydrogen-bond acceptors (Lipinski definition) is 3. The van der Waals surface area contributed by atoms with E-state index in [1.165, 1.54) is 0 Å². The molecule has 128 valence electrons. The Morgan fingerprint density at radius 1 is 1.21 bits per heavy atom. The van der Waals surface area contributed by atoms with Crippen molar-refractivity contribution in [1.82, 2.24) is 10.3 Å². The van der Waals surface area contributed by atoms with E-state index < -0.39 is 0 Å². The molecule has 0 aliphatic heterocycles. The Morgan fingerprint density at radius 2 is 1.96 bits per heavy atom. The quantitative estimate of drug-likeness (QED) is 0.788. The lowest BCUT2D eigenvalue weighted by atomic mass is 10.0. The van der Waals surface area contributed by atoms with Crippen molar-refractivity contribution in [3.63, 3.8) is 0 Å². The Balaban J connectivity index is 1.87. The molecule has 24 heavy (non-hydrogen) atoms. The fraction of sp³-hybridized carbons (Fsp3) is 0.400. The minimum absolute atomic E-state index is 0.0100. The van der Waals surface area contributed by atoms with Gasteiger partial charge in [0.2, 0.25) is 5.91 Å². The minimum Gasteiger partial charge on any atom is -0.489 e. The number of hydrogen-bond donors (Lipinski definition) is 1. The van der Waals surface area contributed by atoms with Crippen LogP contribution in [0.2, 0.25) is 0 Å². The van der Waals surface area contributed by atoms with Crippen LogP contribution in [0, 0.1) is 5.92 Å². The van der Waals surface area contributed by atoms with Crippen LogP contribution in [0.3, 0.4) is 0 Å². The van der Waals surface area contributed by atoms with E-state index in [0.29, 0.717) is 6.61 Å². The molecule has 1 aromatic carbocycles. The lowest BCUT2D eigenvalue weighted by Crippen LogP contribution is -2.31. The van der Waals surface area contributed by atoms with Crippen molar-refractivity contribution in [2.75, 3.05) is 0 Å².